The first-order chi connectivity index (χ1) is 5.77. The highest BCUT2D eigenvalue weighted by Crippen LogP contribution is 2.17. The van der Waals surface area contributed by atoms with Crippen LogP contribution in [-0.4, -0.2) is 12.3 Å². The van der Waals surface area contributed by atoms with Crippen molar-refractivity contribution in [2.24, 2.45) is 0 Å². The minimum Gasteiger partial charge on any atom is -0.370 e. The zero-order chi connectivity index (χ0) is 8.55. The molecule has 0 saturated heterocycles. The molecular weight excluding hydrogens is 150 g/mol. The Morgan fingerprint density at radius 3 is 3.00 bits per heavy atom. The lowest BCUT2D eigenvalue weighted by atomic mass is 10.00. The third kappa shape index (κ3) is 1.14. The fraction of sp³-hybridized carbons (Fsp3) is 0.300. The molecule has 0 unspecified atom stereocenters. The minimum absolute atomic E-state index is 0.454. The number of hydrogen-bond donors (Lipinski definition) is 1. The Hall–Kier alpha value is -1.15. The number of ether oxygens (including phenoxy) is 1. The van der Waals surface area contributed by atoms with E-state index < -0.39 is 0 Å². The maximum absolute atomic E-state index is 7.62. The Balaban J connectivity index is 2.53. The average molecular weight is 161 g/mol. The molecule has 0 fully saturated rings. The fourth-order valence-corrected chi connectivity index (χ4v) is 1.48. The largest absolute Gasteiger partial charge is 0.370 e. The average Bonchev–Trinajstić information content (AvgIpc) is 2.04. The molecule has 2 nitrogen and oxygen atoms in total. The van der Waals surface area contributed by atoms with Crippen molar-refractivity contribution in [2.45, 2.75) is 13.5 Å². The predicted octanol–water partition coefficient (Wildman–Crippen LogP) is 1.89. The van der Waals surface area contributed by atoms with Gasteiger partial charge in [-0.1, -0.05) is 23.8 Å². The molecule has 2 heteroatoms. The van der Waals surface area contributed by atoms with Crippen molar-refractivity contribution in [3.8, 4) is 0 Å². The second-order valence-corrected chi connectivity index (χ2v) is 3.13. The van der Waals surface area contributed by atoms with Crippen molar-refractivity contribution < 1.29 is 4.74 Å². The van der Waals surface area contributed by atoms with Crippen LogP contribution in [0.25, 0.3) is 0 Å². The van der Waals surface area contributed by atoms with Gasteiger partial charge in [-0.25, -0.2) is 0 Å². The number of fused-ring (bicyclic) bond motifs is 1. The van der Waals surface area contributed by atoms with Gasteiger partial charge >= 0.3 is 0 Å². The van der Waals surface area contributed by atoms with E-state index in [0.717, 1.165) is 11.1 Å². The van der Waals surface area contributed by atoms with Crippen molar-refractivity contribution in [3.63, 3.8) is 0 Å². The summed E-state index contributed by atoms with van der Waals surface area (Å²) in [5.41, 5.74) is 4.02. The zero-order valence-electron chi connectivity index (χ0n) is 7.05. The van der Waals surface area contributed by atoms with Crippen LogP contribution < -0.4 is 0 Å². The minimum atomic E-state index is 0.454. The Bertz CT molecular complexity index is 331. The summed E-state index contributed by atoms with van der Waals surface area (Å²) in [6.07, 6.45) is 0. The molecule has 0 spiro atoms. The normalized spacial score (nSPS) is 15.9. The van der Waals surface area contributed by atoms with Gasteiger partial charge in [-0.2, -0.15) is 0 Å². The van der Waals surface area contributed by atoms with Gasteiger partial charge in [0.1, 0.15) is 0 Å². The quantitative estimate of drug-likeness (QED) is 0.619. The molecule has 62 valence electrons. The molecule has 1 N–H and O–H groups in total. The van der Waals surface area contributed by atoms with Crippen LogP contribution in [0.4, 0.5) is 0 Å². The van der Waals surface area contributed by atoms with E-state index in [-0.39, 0.29) is 0 Å². The standard InChI is InChI=1S/C10H11NO/c1-7-2-3-9-8(4-7)5-12-6-10(9)11/h2-4,11H,5-6H2,1H3. The van der Waals surface area contributed by atoms with Gasteiger partial charge in [0.2, 0.25) is 0 Å². The van der Waals surface area contributed by atoms with E-state index in [1.807, 2.05) is 12.1 Å². The number of rotatable bonds is 0. The summed E-state index contributed by atoms with van der Waals surface area (Å²) in [5, 5.41) is 7.62. The van der Waals surface area contributed by atoms with E-state index in [4.69, 9.17) is 10.1 Å². The Morgan fingerprint density at radius 1 is 1.33 bits per heavy atom. The molecule has 0 amide bonds. The van der Waals surface area contributed by atoms with Gasteiger partial charge in [0.15, 0.2) is 0 Å². The van der Waals surface area contributed by atoms with Gasteiger partial charge in [0, 0.05) is 5.56 Å². The Labute approximate surface area is 71.7 Å². The van der Waals surface area contributed by atoms with Crippen molar-refractivity contribution in [3.05, 3.63) is 34.9 Å². The highest BCUT2D eigenvalue weighted by atomic mass is 16.5. The van der Waals surface area contributed by atoms with Gasteiger partial charge < -0.3 is 10.1 Å². The van der Waals surface area contributed by atoms with E-state index >= 15 is 0 Å². The second-order valence-electron chi connectivity index (χ2n) is 3.13. The lowest BCUT2D eigenvalue weighted by molar-refractivity contribution is 0.151. The molecule has 12 heavy (non-hydrogen) atoms. The molecule has 0 atom stereocenters. The van der Waals surface area contributed by atoms with Crippen LogP contribution in [-0.2, 0) is 11.3 Å². The summed E-state index contributed by atoms with van der Waals surface area (Å²) in [4.78, 5) is 0. The maximum Gasteiger partial charge on any atom is 0.0891 e. The first kappa shape index (κ1) is 7.50. The third-order valence-corrected chi connectivity index (χ3v) is 2.09. The van der Waals surface area contributed by atoms with Crippen molar-refractivity contribution in [2.75, 3.05) is 6.61 Å². The van der Waals surface area contributed by atoms with Crippen LogP contribution in [0, 0.1) is 12.3 Å². The van der Waals surface area contributed by atoms with Crippen LogP contribution in [0.15, 0.2) is 18.2 Å². The molecule has 0 saturated carbocycles. The monoisotopic (exact) mass is 161 g/mol. The zero-order valence-corrected chi connectivity index (χ0v) is 7.05. The molecule has 0 aliphatic carbocycles. The van der Waals surface area contributed by atoms with Crippen LogP contribution >= 0.6 is 0 Å². The lowest BCUT2D eigenvalue weighted by Gasteiger charge is -2.17. The topological polar surface area (TPSA) is 33.1 Å². The van der Waals surface area contributed by atoms with Crippen molar-refractivity contribution in [1.82, 2.24) is 0 Å². The summed E-state index contributed by atoms with van der Waals surface area (Å²) < 4.78 is 5.24. The lowest BCUT2D eigenvalue weighted by Crippen LogP contribution is -2.17. The van der Waals surface area contributed by atoms with Gasteiger partial charge in [-0.15, -0.1) is 0 Å². The van der Waals surface area contributed by atoms with Crippen LogP contribution in [0.5, 0.6) is 0 Å². The number of nitrogens with one attached hydrogen (secondary N) is 1. The van der Waals surface area contributed by atoms with Crippen molar-refractivity contribution in [1.29, 1.82) is 5.41 Å². The summed E-state index contributed by atoms with van der Waals surface area (Å²) in [5.74, 6) is 0. The number of aryl methyl sites for hydroxylation is 1. The predicted molar refractivity (Wildman–Crippen MR) is 47.7 cm³/mol. The molecular formula is C10H11NO. The first-order valence-electron chi connectivity index (χ1n) is 4.02. The first-order valence-corrected chi connectivity index (χ1v) is 4.02. The molecule has 2 rings (SSSR count). The molecule has 1 aromatic rings. The summed E-state index contributed by atoms with van der Waals surface area (Å²) >= 11 is 0. The number of hydrogen-bond acceptors (Lipinski definition) is 2. The summed E-state index contributed by atoms with van der Waals surface area (Å²) in [6.45, 7) is 3.16. The smallest absolute Gasteiger partial charge is 0.0891 e. The van der Waals surface area contributed by atoms with Gasteiger partial charge in [0.25, 0.3) is 0 Å². The number of benzene rings is 1. The fourth-order valence-electron chi connectivity index (χ4n) is 1.48. The van der Waals surface area contributed by atoms with Crippen LogP contribution in [0.1, 0.15) is 16.7 Å². The maximum atomic E-state index is 7.62. The highest BCUT2D eigenvalue weighted by Gasteiger charge is 2.13. The summed E-state index contributed by atoms with van der Waals surface area (Å²) in [6, 6.07) is 6.14. The second kappa shape index (κ2) is 2.72. The van der Waals surface area contributed by atoms with Crippen LogP contribution in [0.2, 0.25) is 0 Å². The SMILES string of the molecule is Cc1ccc2c(c1)COCC2=N. The molecule has 1 heterocycles. The molecule has 0 aromatic heterocycles. The van der Waals surface area contributed by atoms with E-state index in [0.29, 0.717) is 18.9 Å². The van der Waals surface area contributed by atoms with E-state index in [1.54, 1.807) is 0 Å². The van der Waals surface area contributed by atoms with E-state index in [2.05, 4.69) is 13.0 Å². The van der Waals surface area contributed by atoms with Gasteiger partial charge in [-0.3, -0.25) is 0 Å². The van der Waals surface area contributed by atoms with Gasteiger partial charge in [-0.05, 0) is 12.5 Å². The third-order valence-electron chi connectivity index (χ3n) is 2.09. The molecule has 0 radical (unpaired) electrons. The molecule has 1 aliphatic rings. The highest BCUT2D eigenvalue weighted by molar-refractivity contribution is 6.01. The molecule has 0 bridgehead atoms. The molecule has 1 aromatic carbocycles. The van der Waals surface area contributed by atoms with Crippen LogP contribution in [0.3, 0.4) is 0 Å². The van der Waals surface area contributed by atoms with E-state index in [9.17, 15) is 0 Å². The summed E-state index contributed by atoms with van der Waals surface area (Å²) in [7, 11) is 0. The van der Waals surface area contributed by atoms with E-state index in [1.165, 1.54) is 5.56 Å². The Morgan fingerprint density at radius 2 is 2.17 bits per heavy atom. The Kier molecular flexibility index (Phi) is 1.70. The van der Waals surface area contributed by atoms with Crippen molar-refractivity contribution >= 4 is 5.71 Å². The molecule has 1 aliphatic heterocycles. The van der Waals surface area contributed by atoms with Gasteiger partial charge in [0.05, 0.1) is 18.9 Å².